The number of phenols is 1. The molecule has 0 fully saturated rings. The summed E-state index contributed by atoms with van der Waals surface area (Å²) in [6.07, 6.45) is 9.24. The van der Waals surface area contributed by atoms with Crippen molar-refractivity contribution in [3.8, 4) is 11.5 Å². The van der Waals surface area contributed by atoms with E-state index in [9.17, 15) is 5.11 Å². The maximum atomic E-state index is 9.99. The van der Waals surface area contributed by atoms with Gasteiger partial charge in [0.1, 0.15) is 11.5 Å². The van der Waals surface area contributed by atoms with Crippen molar-refractivity contribution < 1.29 is 9.84 Å². The van der Waals surface area contributed by atoms with Crippen molar-refractivity contribution in [1.29, 1.82) is 0 Å². The zero-order valence-electron chi connectivity index (χ0n) is 13.3. The number of thiophene rings is 1. The largest absolute Gasteiger partial charge is 0.508 e. The van der Waals surface area contributed by atoms with E-state index in [2.05, 4.69) is 24.3 Å². The second kappa shape index (κ2) is 6.40. The lowest BCUT2D eigenvalue weighted by atomic mass is 9.97. The van der Waals surface area contributed by atoms with Crippen LogP contribution in [-0.2, 0) is 12.8 Å². The molecule has 1 aromatic heterocycles. The number of aryl methyl sites for hydroxylation is 1. The number of phenolic OH excluding ortho intramolecular Hbond substituents is 1. The number of benzene rings is 1. The molecule has 1 aliphatic heterocycles. The third kappa shape index (κ3) is 3.45. The van der Waals surface area contributed by atoms with Gasteiger partial charge in [0.2, 0.25) is 0 Å². The minimum atomic E-state index is 0.295. The SMILES string of the molecule is Oc1cc2cc(c1)OCC1CCC=C1CCCc1ccc(s1)C2. The molecule has 0 saturated heterocycles. The number of hydrogen-bond donors (Lipinski definition) is 1. The van der Waals surface area contributed by atoms with E-state index >= 15 is 0 Å². The van der Waals surface area contributed by atoms with Crippen LogP contribution in [0.15, 0.2) is 42.0 Å². The number of rotatable bonds is 0. The van der Waals surface area contributed by atoms with Gasteiger partial charge in [0.15, 0.2) is 0 Å². The highest BCUT2D eigenvalue weighted by Crippen LogP contribution is 2.33. The summed E-state index contributed by atoms with van der Waals surface area (Å²) in [6.45, 7) is 0.731. The van der Waals surface area contributed by atoms with Crippen molar-refractivity contribution >= 4 is 11.3 Å². The zero-order valence-corrected chi connectivity index (χ0v) is 14.1. The number of hydrogen-bond acceptors (Lipinski definition) is 3. The molecule has 2 aliphatic rings. The van der Waals surface area contributed by atoms with Crippen molar-refractivity contribution in [2.75, 3.05) is 6.61 Å². The van der Waals surface area contributed by atoms with Crippen LogP contribution in [0.4, 0.5) is 0 Å². The van der Waals surface area contributed by atoms with Gasteiger partial charge in [-0.25, -0.2) is 0 Å². The first-order valence-electron chi connectivity index (χ1n) is 8.48. The Kier molecular flexibility index (Phi) is 4.13. The average molecular weight is 326 g/mol. The van der Waals surface area contributed by atoms with Gasteiger partial charge in [-0.2, -0.15) is 0 Å². The molecule has 2 aromatic rings. The highest BCUT2D eigenvalue weighted by Gasteiger charge is 2.20. The fourth-order valence-corrected chi connectivity index (χ4v) is 4.76. The van der Waals surface area contributed by atoms with Crippen molar-refractivity contribution in [3.05, 3.63) is 57.3 Å². The first kappa shape index (κ1) is 14.8. The summed E-state index contributed by atoms with van der Waals surface area (Å²) in [5, 5.41) is 9.99. The Morgan fingerprint density at radius 3 is 2.96 bits per heavy atom. The molecule has 1 N–H and O–H groups in total. The molecule has 3 heteroatoms. The van der Waals surface area contributed by atoms with Gasteiger partial charge < -0.3 is 9.84 Å². The summed E-state index contributed by atoms with van der Waals surface area (Å²) < 4.78 is 6.03. The first-order valence-corrected chi connectivity index (χ1v) is 9.30. The molecule has 1 atom stereocenters. The molecule has 1 aromatic carbocycles. The van der Waals surface area contributed by atoms with Crippen LogP contribution in [0.25, 0.3) is 0 Å². The van der Waals surface area contributed by atoms with Crippen LogP contribution in [0, 0.1) is 5.92 Å². The molecule has 0 amide bonds. The molecular formula is C20H22O2S. The Labute approximate surface area is 141 Å². The minimum Gasteiger partial charge on any atom is -0.508 e. The van der Waals surface area contributed by atoms with E-state index in [1.54, 1.807) is 11.6 Å². The lowest BCUT2D eigenvalue weighted by molar-refractivity contribution is 0.264. The van der Waals surface area contributed by atoms with Crippen LogP contribution in [-0.4, -0.2) is 11.7 Å². The molecule has 4 bridgehead atoms. The molecule has 0 saturated carbocycles. The number of aromatic hydroxyl groups is 1. The Balaban J connectivity index is 1.65. The summed E-state index contributed by atoms with van der Waals surface area (Å²) in [7, 11) is 0. The Morgan fingerprint density at radius 1 is 1.09 bits per heavy atom. The van der Waals surface area contributed by atoms with Crippen LogP contribution < -0.4 is 4.74 Å². The van der Waals surface area contributed by atoms with Crippen LogP contribution >= 0.6 is 11.3 Å². The minimum absolute atomic E-state index is 0.295. The van der Waals surface area contributed by atoms with E-state index in [0.717, 1.165) is 24.3 Å². The van der Waals surface area contributed by atoms with E-state index in [1.807, 2.05) is 17.4 Å². The molecule has 2 nitrogen and oxygen atoms in total. The van der Waals surface area contributed by atoms with Gasteiger partial charge in [-0.1, -0.05) is 11.6 Å². The predicted octanol–water partition coefficient (Wildman–Crippen LogP) is 5.10. The van der Waals surface area contributed by atoms with Crippen molar-refractivity contribution in [2.24, 2.45) is 5.92 Å². The second-order valence-corrected chi connectivity index (χ2v) is 7.85. The molecule has 2 heterocycles. The standard InChI is InChI=1S/C20H22O2S/c21-17-9-14-10-18(12-17)22-13-16-5-1-3-15(16)4-2-6-19-7-8-20(11-14)23-19/h3,7-10,12,16,21H,1-2,4-6,11,13H2. The van der Waals surface area contributed by atoms with Crippen LogP contribution in [0.5, 0.6) is 11.5 Å². The van der Waals surface area contributed by atoms with Crippen LogP contribution in [0.2, 0.25) is 0 Å². The predicted molar refractivity (Wildman–Crippen MR) is 94.5 cm³/mol. The van der Waals surface area contributed by atoms with Gasteiger partial charge in [0.05, 0.1) is 6.61 Å². The normalized spacial score (nSPS) is 21.0. The van der Waals surface area contributed by atoms with E-state index < -0.39 is 0 Å². The summed E-state index contributed by atoms with van der Waals surface area (Å²) in [4.78, 5) is 2.83. The number of allylic oxidation sites excluding steroid dienone is 1. The van der Waals surface area contributed by atoms with Gasteiger partial charge in [0, 0.05) is 28.2 Å². The van der Waals surface area contributed by atoms with Crippen molar-refractivity contribution in [3.63, 3.8) is 0 Å². The monoisotopic (exact) mass is 326 g/mol. The molecule has 1 unspecified atom stereocenters. The van der Waals surface area contributed by atoms with Gasteiger partial charge in [0.25, 0.3) is 0 Å². The number of fused-ring (bicyclic) bond motifs is 5. The highest BCUT2D eigenvalue weighted by atomic mass is 32.1. The molecule has 4 rings (SSSR count). The van der Waals surface area contributed by atoms with E-state index in [1.165, 1.54) is 41.9 Å². The Hall–Kier alpha value is -1.74. The third-order valence-electron chi connectivity index (χ3n) is 4.83. The van der Waals surface area contributed by atoms with Gasteiger partial charge >= 0.3 is 0 Å². The molecule has 0 spiro atoms. The van der Waals surface area contributed by atoms with Gasteiger partial charge in [-0.3, -0.25) is 0 Å². The first-order chi connectivity index (χ1) is 11.3. The maximum absolute atomic E-state index is 9.99. The summed E-state index contributed by atoms with van der Waals surface area (Å²) in [6, 6.07) is 10.1. The third-order valence-corrected chi connectivity index (χ3v) is 5.98. The molecular weight excluding hydrogens is 304 g/mol. The lowest BCUT2D eigenvalue weighted by Gasteiger charge is -2.17. The molecule has 23 heavy (non-hydrogen) atoms. The number of ether oxygens (including phenoxy) is 1. The maximum Gasteiger partial charge on any atom is 0.123 e. The Morgan fingerprint density at radius 2 is 2.00 bits per heavy atom. The molecule has 120 valence electrons. The van der Waals surface area contributed by atoms with Crippen LogP contribution in [0.3, 0.4) is 0 Å². The second-order valence-electron chi connectivity index (χ2n) is 6.60. The summed E-state index contributed by atoms with van der Waals surface area (Å²) in [5.74, 6) is 1.63. The lowest BCUT2D eigenvalue weighted by Crippen LogP contribution is -2.12. The van der Waals surface area contributed by atoms with E-state index in [0.29, 0.717) is 11.7 Å². The van der Waals surface area contributed by atoms with Crippen molar-refractivity contribution in [1.82, 2.24) is 0 Å². The smallest absolute Gasteiger partial charge is 0.123 e. The van der Waals surface area contributed by atoms with Crippen molar-refractivity contribution in [2.45, 2.75) is 38.5 Å². The Bertz CT molecular complexity index is 729. The fraction of sp³-hybridized carbons (Fsp3) is 0.400. The van der Waals surface area contributed by atoms with Gasteiger partial charge in [-0.05, 0) is 61.9 Å². The zero-order chi connectivity index (χ0) is 15.6. The summed E-state index contributed by atoms with van der Waals surface area (Å²) >= 11 is 1.90. The molecule has 0 radical (unpaired) electrons. The van der Waals surface area contributed by atoms with Gasteiger partial charge in [-0.15, -0.1) is 11.3 Å². The summed E-state index contributed by atoms with van der Waals surface area (Å²) in [5.41, 5.74) is 2.69. The average Bonchev–Trinajstić information content (AvgIpc) is 3.14. The topological polar surface area (TPSA) is 29.5 Å². The van der Waals surface area contributed by atoms with E-state index in [-0.39, 0.29) is 0 Å². The van der Waals surface area contributed by atoms with E-state index in [4.69, 9.17) is 4.74 Å². The van der Waals surface area contributed by atoms with Crippen LogP contribution in [0.1, 0.15) is 41.0 Å². The quantitative estimate of drug-likeness (QED) is 0.683. The highest BCUT2D eigenvalue weighted by molar-refractivity contribution is 7.12. The molecule has 1 aliphatic carbocycles. The fourth-order valence-electron chi connectivity index (χ4n) is 3.66.